The molecule has 0 spiro atoms. The summed E-state index contributed by atoms with van der Waals surface area (Å²) in [6.45, 7) is 3.99. The van der Waals surface area contributed by atoms with Crippen molar-refractivity contribution in [3.8, 4) is 0 Å². The van der Waals surface area contributed by atoms with E-state index in [0.29, 0.717) is 5.82 Å². The van der Waals surface area contributed by atoms with Crippen molar-refractivity contribution in [3.63, 3.8) is 0 Å². The van der Waals surface area contributed by atoms with Crippen LogP contribution in [0.15, 0.2) is 16.7 Å². The van der Waals surface area contributed by atoms with E-state index in [-0.39, 0.29) is 0 Å². The molecule has 0 aliphatic carbocycles. The Morgan fingerprint density at radius 1 is 1.43 bits per heavy atom. The van der Waals surface area contributed by atoms with Gasteiger partial charge in [0.05, 0.1) is 5.69 Å². The number of aromatic nitrogens is 1. The fraction of sp³-hybridized carbons (Fsp3) is 0.444. The first kappa shape index (κ1) is 9.73. The molecule has 2 rings (SSSR count). The minimum absolute atomic E-state index is 0.607. The zero-order chi connectivity index (χ0) is 9.97. The van der Waals surface area contributed by atoms with Crippen LogP contribution in [0, 0.1) is 0 Å². The standard InChI is InChI=1S/C9H13BrN4/c10-7-5-8(9(11)13-6-7)14-3-1-12-2-4-14/h5-6,12H,1-4H2,(H2,11,13). The Bertz CT molecular complexity index is 323. The normalized spacial score (nSPS) is 17.1. The van der Waals surface area contributed by atoms with Crippen LogP contribution in [0.5, 0.6) is 0 Å². The van der Waals surface area contributed by atoms with E-state index in [2.05, 4.69) is 31.1 Å². The van der Waals surface area contributed by atoms with Crippen LogP contribution >= 0.6 is 15.9 Å². The molecule has 1 aromatic heterocycles. The Hall–Kier alpha value is -0.810. The second-order valence-electron chi connectivity index (χ2n) is 3.29. The highest BCUT2D eigenvalue weighted by molar-refractivity contribution is 9.10. The van der Waals surface area contributed by atoms with Gasteiger partial charge in [0.25, 0.3) is 0 Å². The van der Waals surface area contributed by atoms with Crippen molar-refractivity contribution < 1.29 is 0 Å². The van der Waals surface area contributed by atoms with Crippen molar-refractivity contribution in [1.29, 1.82) is 0 Å². The zero-order valence-electron chi connectivity index (χ0n) is 7.83. The number of halogens is 1. The first-order valence-corrected chi connectivity index (χ1v) is 5.43. The van der Waals surface area contributed by atoms with Gasteiger partial charge in [0.2, 0.25) is 0 Å². The van der Waals surface area contributed by atoms with Crippen LogP contribution in [0.2, 0.25) is 0 Å². The third-order valence-corrected chi connectivity index (χ3v) is 2.76. The van der Waals surface area contributed by atoms with Gasteiger partial charge in [-0.1, -0.05) is 0 Å². The smallest absolute Gasteiger partial charge is 0.147 e. The van der Waals surface area contributed by atoms with Crippen molar-refractivity contribution in [1.82, 2.24) is 10.3 Å². The molecule has 0 saturated carbocycles. The number of hydrogen-bond donors (Lipinski definition) is 2. The maximum Gasteiger partial charge on any atom is 0.147 e. The molecular weight excluding hydrogens is 244 g/mol. The minimum atomic E-state index is 0.607. The van der Waals surface area contributed by atoms with Crippen LogP contribution < -0.4 is 16.0 Å². The van der Waals surface area contributed by atoms with Crippen molar-refractivity contribution in [3.05, 3.63) is 16.7 Å². The maximum absolute atomic E-state index is 5.83. The molecule has 3 N–H and O–H groups in total. The van der Waals surface area contributed by atoms with Crippen molar-refractivity contribution in [2.45, 2.75) is 0 Å². The summed E-state index contributed by atoms with van der Waals surface area (Å²) in [5.74, 6) is 0.607. The summed E-state index contributed by atoms with van der Waals surface area (Å²) in [7, 11) is 0. The Labute approximate surface area is 91.6 Å². The maximum atomic E-state index is 5.83. The number of nitrogens with one attached hydrogen (secondary N) is 1. The second-order valence-corrected chi connectivity index (χ2v) is 4.21. The van der Waals surface area contributed by atoms with Gasteiger partial charge in [0.15, 0.2) is 0 Å². The van der Waals surface area contributed by atoms with E-state index in [1.165, 1.54) is 0 Å². The molecule has 0 amide bonds. The molecule has 5 heteroatoms. The van der Waals surface area contributed by atoms with Gasteiger partial charge in [0.1, 0.15) is 5.82 Å². The molecule has 0 bridgehead atoms. The fourth-order valence-electron chi connectivity index (χ4n) is 1.60. The highest BCUT2D eigenvalue weighted by Crippen LogP contribution is 2.24. The molecule has 76 valence electrons. The summed E-state index contributed by atoms with van der Waals surface area (Å²) in [6, 6.07) is 2.02. The van der Waals surface area contributed by atoms with Crippen LogP contribution in [-0.2, 0) is 0 Å². The quantitative estimate of drug-likeness (QED) is 0.782. The highest BCUT2D eigenvalue weighted by atomic mass is 79.9. The van der Waals surface area contributed by atoms with E-state index in [9.17, 15) is 0 Å². The minimum Gasteiger partial charge on any atom is -0.382 e. The fourth-order valence-corrected chi connectivity index (χ4v) is 1.92. The molecule has 1 saturated heterocycles. The van der Waals surface area contributed by atoms with Crippen LogP contribution in [-0.4, -0.2) is 31.2 Å². The number of nitrogen functional groups attached to an aromatic ring is 1. The molecule has 1 aliphatic rings. The van der Waals surface area contributed by atoms with E-state index in [1.807, 2.05) is 6.07 Å². The lowest BCUT2D eigenvalue weighted by atomic mass is 10.3. The third-order valence-electron chi connectivity index (χ3n) is 2.32. The molecule has 0 radical (unpaired) electrons. The predicted octanol–water partition coefficient (Wildman–Crippen LogP) is 0.836. The lowest BCUT2D eigenvalue weighted by Gasteiger charge is -2.29. The van der Waals surface area contributed by atoms with E-state index >= 15 is 0 Å². The third kappa shape index (κ3) is 1.99. The molecule has 0 aromatic carbocycles. The van der Waals surface area contributed by atoms with E-state index in [1.54, 1.807) is 6.20 Å². The van der Waals surface area contributed by atoms with Crippen LogP contribution in [0.3, 0.4) is 0 Å². The summed E-state index contributed by atoms with van der Waals surface area (Å²) in [5, 5.41) is 3.30. The average molecular weight is 257 g/mol. The number of anilines is 2. The van der Waals surface area contributed by atoms with Gasteiger partial charge in [-0.05, 0) is 22.0 Å². The SMILES string of the molecule is Nc1ncc(Br)cc1N1CCNCC1. The molecule has 0 atom stereocenters. The van der Waals surface area contributed by atoms with Gasteiger partial charge in [-0.3, -0.25) is 0 Å². The summed E-state index contributed by atoms with van der Waals surface area (Å²) < 4.78 is 0.972. The number of pyridine rings is 1. The Morgan fingerprint density at radius 2 is 2.14 bits per heavy atom. The van der Waals surface area contributed by atoms with E-state index in [4.69, 9.17) is 5.73 Å². The molecule has 2 heterocycles. The molecule has 1 fully saturated rings. The Balaban J connectivity index is 2.24. The molecule has 1 aliphatic heterocycles. The predicted molar refractivity (Wildman–Crippen MR) is 61.4 cm³/mol. The van der Waals surface area contributed by atoms with Crippen LogP contribution in [0.4, 0.5) is 11.5 Å². The molecule has 0 unspecified atom stereocenters. The number of piperazine rings is 1. The number of nitrogens with two attached hydrogens (primary N) is 1. The van der Waals surface area contributed by atoms with Crippen LogP contribution in [0.25, 0.3) is 0 Å². The van der Waals surface area contributed by atoms with Gasteiger partial charge in [0, 0.05) is 36.8 Å². The van der Waals surface area contributed by atoms with E-state index in [0.717, 1.165) is 36.3 Å². The van der Waals surface area contributed by atoms with Gasteiger partial charge in [-0.2, -0.15) is 0 Å². The number of hydrogen-bond acceptors (Lipinski definition) is 4. The number of nitrogens with zero attached hydrogens (tertiary/aromatic N) is 2. The van der Waals surface area contributed by atoms with Crippen molar-refractivity contribution in [2.75, 3.05) is 36.8 Å². The van der Waals surface area contributed by atoms with Crippen molar-refractivity contribution in [2.24, 2.45) is 0 Å². The first-order chi connectivity index (χ1) is 6.77. The molecule has 4 nitrogen and oxygen atoms in total. The second kappa shape index (κ2) is 4.14. The lowest BCUT2D eigenvalue weighted by Crippen LogP contribution is -2.43. The van der Waals surface area contributed by atoms with Gasteiger partial charge < -0.3 is 16.0 Å². The molecule has 1 aromatic rings. The Kier molecular flexibility index (Phi) is 2.88. The average Bonchev–Trinajstić information content (AvgIpc) is 2.23. The lowest BCUT2D eigenvalue weighted by molar-refractivity contribution is 0.589. The summed E-state index contributed by atoms with van der Waals surface area (Å²) in [4.78, 5) is 6.38. The van der Waals surface area contributed by atoms with Gasteiger partial charge in [-0.15, -0.1) is 0 Å². The van der Waals surface area contributed by atoms with E-state index < -0.39 is 0 Å². The Morgan fingerprint density at radius 3 is 2.86 bits per heavy atom. The molecular formula is C9H13BrN4. The summed E-state index contributed by atoms with van der Waals surface area (Å²) in [6.07, 6.45) is 1.72. The highest BCUT2D eigenvalue weighted by Gasteiger charge is 2.13. The zero-order valence-corrected chi connectivity index (χ0v) is 9.42. The number of rotatable bonds is 1. The first-order valence-electron chi connectivity index (χ1n) is 4.64. The largest absolute Gasteiger partial charge is 0.382 e. The topological polar surface area (TPSA) is 54.2 Å². The van der Waals surface area contributed by atoms with Gasteiger partial charge >= 0.3 is 0 Å². The van der Waals surface area contributed by atoms with Crippen LogP contribution in [0.1, 0.15) is 0 Å². The monoisotopic (exact) mass is 256 g/mol. The summed E-state index contributed by atoms with van der Waals surface area (Å²) >= 11 is 3.40. The summed E-state index contributed by atoms with van der Waals surface area (Å²) in [5.41, 5.74) is 6.85. The molecule has 14 heavy (non-hydrogen) atoms. The van der Waals surface area contributed by atoms with Gasteiger partial charge in [-0.25, -0.2) is 4.98 Å². The van der Waals surface area contributed by atoms with Crippen molar-refractivity contribution >= 4 is 27.4 Å².